The van der Waals surface area contributed by atoms with Crippen molar-refractivity contribution in [3.05, 3.63) is 22.2 Å². The molecule has 1 unspecified atom stereocenters. The van der Waals surface area contributed by atoms with Crippen LogP contribution in [0.15, 0.2) is 16.6 Å². The Morgan fingerprint density at radius 2 is 2.10 bits per heavy atom. The highest BCUT2D eigenvalue weighted by molar-refractivity contribution is 9.10. The third-order valence-electron chi connectivity index (χ3n) is 3.58. The van der Waals surface area contributed by atoms with Crippen LogP contribution in [-0.2, 0) is 9.59 Å². The Hall–Kier alpha value is -1.76. The fourth-order valence-corrected chi connectivity index (χ4v) is 3.14. The van der Waals surface area contributed by atoms with Gasteiger partial charge in [0.05, 0.1) is 4.47 Å². The van der Waals surface area contributed by atoms with E-state index in [1.54, 1.807) is 12.1 Å². The number of ether oxygens (including phenoxy) is 2. The van der Waals surface area contributed by atoms with E-state index in [2.05, 4.69) is 15.9 Å². The molecule has 3 rings (SSSR count). The van der Waals surface area contributed by atoms with E-state index < -0.39 is 12.0 Å². The van der Waals surface area contributed by atoms with Crippen molar-refractivity contribution in [2.24, 2.45) is 0 Å². The maximum atomic E-state index is 11.9. The zero-order valence-electron chi connectivity index (χ0n) is 11.3. The van der Waals surface area contributed by atoms with Crippen molar-refractivity contribution in [3.8, 4) is 11.5 Å². The zero-order valence-corrected chi connectivity index (χ0v) is 12.9. The predicted octanol–water partition coefficient (Wildman–Crippen LogP) is 2.31. The minimum absolute atomic E-state index is 0.00722. The minimum atomic E-state index is -1.05. The number of hydrogen-bond acceptors (Lipinski definition) is 4. The van der Waals surface area contributed by atoms with Gasteiger partial charge in [0.1, 0.15) is 0 Å². The normalized spacial score (nSPS) is 17.4. The Labute approximate surface area is 129 Å². The van der Waals surface area contributed by atoms with E-state index in [0.717, 1.165) is 12.8 Å². The van der Waals surface area contributed by atoms with Crippen LogP contribution in [0, 0.1) is 0 Å². The highest BCUT2D eigenvalue weighted by atomic mass is 79.9. The second kappa shape index (κ2) is 5.22. The lowest BCUT2D eigenvalue weighted by atomic mass is 10.0. The second-order valence-electron chi connectivity index (χ2n) is 5.13. The van der Waals surface area contributed by atoms with Gasteiger partial charge in [-0.2, -0.15) is 0 Å². The van der Waals surface area contributed by atoms with Crippen LogP contribution in [0.5, 0.6) is 11.5 Å². The summed E-state index contributed by atoms with van der Waals surface area (Å²) in [6, 6.07) is 2.29. The number of hydrogen-bond donors (Lipinski definition) is 1. The van der Waals surface area contributed by atoms with Gasteiger partial charge in [0.15, 0.2) is 17.5 Å². The average Bonchev–Trinajstić information content (AvgIpc) is 3.11. The molecule has 1 aromatic carbocycles. The minimum Gasteiger partial charge on any atom is -0.479 e. The van der Waals surface area contributed by atoms with Crippen LogP contribution in [0.25, 0.3) is 0 Å². The van der Waals surface area contributed by atoms with Gasteiger partial charge in [0.25, 0.3) is 0 Å². The van der Waals surface area contributed by atoms with Gasteiger partial charge in [-0.3, -0.25) is 4.79 Å². The molecule has 1 aromatic rings. The number of carboxylic acid groups (broad SMARTS) is 1. The molecule has 0 saturated heterocycles. The fourth-order valence-electron chi connectivity index (χ4n) is 2.57. The molecule has 0 spiro atoms. The third-order valence-corrected chi connectivity index (χ3v) is 4.17. The van der Waals surface area contributed by atoms with E-state index in [-0.39, 0.29) is 18.7 Å². The van der Waals surface area contributed by atoms with E-state index in [1.807, 2.05) is 0 Å². The first-order chi connectivity index (χ1) is 9.99. The number of carboxylic acids is 1. The molecule has 1 N–H and O–H groups in total. The molecule has 0 aromatic heterocycles. The molecule has 1 heterocycles. The van der Waals surface area contributed by atoms with E-state index in [9.17, 15) is 14.7 Å². The van der Waals surface area contributed by atoms with Crippen LogP contribution in [0.2, 0.25) is 0 Å². The first kappa shape index (κ1) is 14.2. The molecule has 1 aliphatic heterocycles. The first-order valence-electron chi connectivity index (χ1n) is 6.59. The quantitative estimate of drug-likeness (QED) is 0.896. The van der Waals surface area contributed by atoms with Crippen LogP contribution in [0.1, 0.15) is 31.4 Å². The monoisotopic (exact) mass is 355 g/mol. The summed E-state index contributed by atoms with van der Waals surface area (Å²) in [4.78, 5) is 25.0. The summed E-state index contributed by atoms with van der Waals surface area (Å²) in [5.74, 6) is -0.241. The number of aliphatic carboxylic acids is 1. The Morgan fingerprint density at radius 3 is 2.67 bits per heavy atom. The van der Waals surface area contributed by atoms with Gasteiger partial charge in [0.2, 0.25) is 12.7 Å². The van der Waals surface area contributed by atoms with Gasteiger partial charge in [0, 0.05) is 13.0 Å². The van der Waals surface area contributed by atoms with Crippen molar-refractivity contribution in [3.63, 3.8) is 0 Å². The molecule has 7 heteroatoms. The number of benzene rings is 1. The summed E-state index contributed by atoms with van der Waals surface area (Å²) in [7, 11) is 0. The highest BCUT2D eigenvalue weighted by Gasteiger charge is 2.40. The fraction of sp³-hybridized carbons (Fsp3) is 0.429. The number of halogens is 1. The Kier molecular flexibility index (Phi) is 3.52. The van der Waals surface area contributed by atoms with Gasteiger partial charge in [-0.25, -0.2) is 4.79 Å². The summed E-state index contributed by atoms with van der Waals surface area (Å²) in [6.45, 7) is 1.50. The van der Waals surface area contributed by atoms with E-state index >= 15 is 0 Å². The van der Waals surface area contributed by atoms with E-state index in [4.69, 9.17) is 9.47 Å². The molecular weight excluding hydrogens is 342 g/mol. The standard InChI is InChI=1S/C14H14BrNO5/c1-7(17)16(9-2-3-9)12(14(18)19)8-4-10(15)13-11(5-8)20-6-21-13/h4-5,9,12H,2-3,6H2,1H3,(H,18,19). The number of rotatable bonds is 4. The summed E-state index contributed by atoms with van der Waals surface area (Å²) in [6.07, 6.45) is 1.68. The van der Waals surface area contributed by atoms with Crippen molar-refractivity contribution >= 4 is 27.8 Å². The molecule has 21 heavy (non-hydrogen) atoms. The Balaban J connectivity index is 2.03. The van der Waals surface area contributed by atoms with Crippen LogP contribution in [-0.4, -0.2) is 34.7 Å². The number of carbonyl (C=O) groups excluding carboxylic acids is 1. The number of fused-ring (bicyclic) bond motifs is 1. The molecule has 1 amide bonds. The van der Waals surface area contributed by atoms with Crippen molar-refractivity contribution in [1.29, 1.82) is 0 Å². The van der Waals surface area contributed by atoms with Crippen molar-refractivity contribution < 1.29 is 24.2 Å². The molecular formula is C14H14BrNO5. The number of amides is 1. The molecule has 0 bridgehead atoms. The Bertz CT molecular complexity index is 614. The Morgan fingerprint density at radius 1 is 1.38 bits per heavy atom. The van der Waals surface area contributed by atoms with Gasteiger partial charge < -0.3 is 19.5 Å². The summed E-state index contributed by atoms with van der Waals surface area (Å²) < 4.78 is 11.2. The summed E-state index contributed by atoms with van der Waals surface area (Å²) >= 11 is 3.35. The lowest BCUT2D eigenvalue weighted by Gasteiger charge is -2.28. The number of carbonyl (C=O) groups is 2. The lowest BCUT2D eigenvalue weighted by molar-refractivity contribution is -0.150. The lowest BCUT2D eigenvalue weighted by Crippen LogP contribution is -2.39. The maximum absolute atomic E-state index is 11.9. The molecule has 1 atom stereocenters. The third kappa shape index (κ3) is 2.57. The number of nitrogens with zero attached hydrogens (tertiary/aromatic N) is 1. The SMILES string of the molecule is CC(=O)N(C1CC1)C(C(=O)O)c1cc(Br)c2c(c1)OCO2. The molecule has 1 fully saturated rings. The largest absolute Gasteiger partial charge is 0.479 e. The van der Waals surface area contributed by atoms with E-state index in [1.165, 1.54) is 11.8 Å². The maximum Gasteiger partial charge on any atom is 0.331 e. The zero-order chi connectivity index (χ0) is 15.1. The smallest absolute Gasteiger partial charge is 0.331 e. The first-order valence-corrected chi connectivity index (χ1v) is 7.39. The van der Waals surface area contributed by atoms with Crippen LogP contribution >= 0.6 is 15.9 Å². The molecule has 1 aliphatic carbocycles. The molecule has 112 valence electrons. The highest BCUT2D eigenvalue weighted by Crippen LogP contribution is 2.43. The van der Waals surface area contributed by atoms with Crippen LogP contribution in [0.4, 0.5) is 0 Å². The molecule has 2 aliphatic rings. The molecule has 6 nitrogen and oxygen atoms in total. The van der Waals surface area contributed by atoms with Crippen LogP contribution in [0.3, 0.4) is 0 Å². The van der Waals surface area contributed by atoms with Gasteiger partial charge in [-0.15, -0.1) is 0 Å². The molecule has 0 radical (unpaired) electrons. The van der Waals surface area contributed by atoms with Gasteiger partial charge in [-0.05, 0) is 46.5 Å². The van der Waals surface area contributed by atoms with Crippen LogP contribution < -0.4 is 9.47 Å². The van der Waals surface area contributed by atoms with Crippen molar-refractivity contribution in [1.82, 2.24) is 4.90 Å². The topological polar surface area (TPSA) is 76.1 Å². The molecule has 1 saturated carbocycles. The summed E-state index contributed by atoms with van der Waals surface area (Å²) in [5, 5.41) is 9.58. The average molecular weight is 356 g/mol. The predicted molar refractivity (Wildman–Crippen MR) is 76.2 cm³/mol. The van der Waals surface area contributed by atoms with Crippen molar-refractivity contribution in [2.45, 2.75) is 31.8 Å². The van der Waals surface area contributed by atoms with Gasteiger partial charge >= 0.3 is 5.97 Å². The van der Waals surface area contributed by atoms with E-state index in [0.29, 0.717) is 21.5 Å². The summed E-state index contributed by atoms with van der Waals surface area (Å²) in [5.41, 5.74) is 0.501. The van der Waals surface area contributed by atoms with Crippen molar-refractivity contribution in [2.75, 3.05) is 6.79 Å². The van der Waals surface area contributed by atoms with Gasteiger partial charge in [-0.1, -0.05) is 0 Å². The second-order valence-corrected chi connectivity index (χ2v) is 5.99.